The van der Waals surface area contributed by atoms with Gasteiger partial charge in [-0.1, -0.05) is 55.4 Å². The second-order valence-electron chi connectivity index (χ2n) is 8.96. The van der Waals surface area contributed by atoms with Crippen LogP contribution in [-0.2, 0) is 18.1 Å². The molecule has 2 unspecified atom stereocenters. The van der Waals surface area contributed by atoms with E-state index in [0.717, 1.165) is 12.8 Å². The summed E-state index contributed by atoms with van der Waals surface area (Å²) in [5, 5.41) is 0. The zero-order valence-corrected chi connectivity index (χ0v) is 17.0. The summed E-state index contributed by atoms with van der Waals surface area (Å²) in [6, 6.07) is 0. The maximum Gasteiger partial charge on any atom is 0.474 e. The zero-order valence-electron chi connectivity index (χ0n) is 16.1. The average molecular weight is 336 g/mol. The highest BCUT2D eigenvalue weighted by atomic mass is 31.2. The molecule has 0 saturated carbocycles. The van der Waals surface area contributed by atoms with Crippen LogP contribution in [0.15, 0.2) is 0 Å². The monoisotopic (exact) mass is 336 g/mol. The topological polar surface area (TPSA) is 44.8 Å². The van der Waals surface area contributed by atoms with Gasteiger partial charge in [0.2, 0.25) is 0 Å². The van der Waals surface area contributed by atoms with E-state index in [1.807, 2.05) is 0 Å². The molecule has 0 fully saturated rings. The van der Waals surface area contributed by atoms with E-state index in [4.69, 9.17) is 13.6 Å². The molecular formula is C17H37O4P. The van der Waals surface area contributed by atoms with Crippen LogP contribution in [0.25, 0.3) is 0 Å². The van der Waals surface area contributed by atoms with E-state index in [2.05, 4.69) is 55.4 Å². The van der Waals surface area contributed by atoms with E-state index < -0.39 is 7.82 Å². The van der Waals surface area contributed by atoms with Crippen LogP contribution in [0, 0.1) is 22.7 Å². The molecular weight excluding hydrogens is 299 g/mol. The smallest absolute Gasteiger partial charge is 0.290 e. The first-order chi connectivity index (χ1) is 9.76. The third kappa shape index (κ3) is 11.6. The summed E-state index contributed by atoms with van der Waals surface area (Å²) in [5.74, 6) is 0.609. The maximum absolute atomic E-state index is 12.5. The van der Waals surface area contributed by atoms with Crippen molar-refractivity contribution >= 4 is 7.82 Å². The quantitative estimate of drug-likeness (QED) is 0.490. The van der Waals surface area contributed by atoms with Crippen molar-refractivity contribution in [3.63, 3.8) is 0 Å². The van der Waals surface area contributed by atoms with Gasteiger partial charge >= 0.3 is 7.82 Å². The van der Waals surface area contributed by atoms with Gasteiger partial charge in [-0.05, 0) is 35.5 Å². The summed E-state index contributed by atoms with van der Waals surface area (Å²) >= 11 is 0. The first-order valence-corrected chi connectivity index (χ1v) is 9.67. The van der Waals surface area contributed by atoms with Gasteiger partial charge in [-0.25, -0.2) is 4.57 Å². The fraction of sp³-hybridized carbons (Fsp3) is 1.00. The van der Waals surface area contributed by atoms with Crippen LogP contribution in [0.4, 0.5) is 0 Å². The van der Waals surface area contributed by atoms with Gasteiger partial charge in [-0.15, -0.1) is 0 Å². The SMILES string of the molecule is COP(=O)(OCC(C)CC(C)(C)C)OCC(C)CC(C)(C)C. The van der Waals surface area contributed by atoms with Crippen LogP contribution < -0.4 is 0 Å². The number of phosphoric ester groups is 1. The summed E-state index contributed by atoms with van der Waals surface area (Å²) < 4.78 is 28.4. The zero-order chi connectivity index (χ0) is 17.6. The highest BCUT2D eigenvalue weighted by molar-refractivity contribution is 7.48. The summed E-state index contributed by atoms with van der Waals surface area (Å²) in [5.41, 5.74) is 0.448. The van der Waals surface area contributed by atoms with Gasteiger partial charge in [0.25, 0.3) is 0 Å². The molecule has 0 aromatic heterocycles. The van der Waals surface area contributed by atoms with Crippen LogP contribution in [0.5, 0.6) is 0 Å². The van der Waals surface area contributed by atoms with Crippen molar-refractivity contribution in [1.82, 2.24) is 0 Å². The van der Waals surface area contributed by atoms with Gasteiger partial charge in [-0.3, -0.25) is 13.6 Å². The lowest BCUT2D eigenvalue weighted by atomic mass is 9.86. The predicted molar refractivity (Wildman–Crippen MR) is 93.0 cm³/mol. The van der Waals surface area contributed by atoms with Gasteiger partial charge in [0.15, 0.2) is 0 Å². The fourth-order valence-corrected chi connectivity index (χ4v) is 3.95. The Kier molecular flexibility index (Phi) is 8.86. The van der Waals surface area contributed by atoms with Crippen LogP contribution >= 0.6 is 7.82 Å². The van der Waals surface area contributed by atoms with Crippen molar-refractivity contribution in [2.45, 2.75) is 68.2 Å². The molecule has 0 aromatic rings. The van der Waals surface area contributed by atoms with Crippen LogP contribution in [-0.4, -0.2) is 20.3 Å². The Labute approximate surface area is 137 Å². The molecule has 0 spiro atoms. The molecule has 0 aromatic carbocycles. The second kappa shape index (κ2) is 8.82. The summed E-state index contributed by atoms with van der Waals surface area (Å²) in [4.78, 5) is 0. The normalized spacial score (nSPS) is 18.8. The van der Waals surface area contributed by atoms with E-state index in [0.29, 0.717) is 25.0 Å². The molecule has 0 aliphatic carbocycles. The highest BCUT2D eigenvalue weighted by Gasteiger charge is 2.28. The standard InChI is InChI=1S/C17H37O4P/c1-14(10-16(3,4)5)12-20-22(18,19-9)21-13-15(2)11-17(6,7)8/h14-15H,10-13H2,1-9H3. The van der Waals surface area contributed by atoms with Gasteiger partial charge in [0.05, 0.1) is 13.2 Å². The van der Waals surface area contributed by atoms with Gasteiger partial charge in [0, 0.05) is 7.11 Å². The third-order valence-corrected chi connectivity index (χ3v) is 4.56. The van der Waals surface area contributed by atoms with Crippen molar-refractivity contribution < 1.29 is 18.1 Å². The molecule has 0 aliphatic rings. The summed E-state index contributed by atoms with van der Waals surface area (Å²) in [6.45, 7) is 18.1. The molecule has 0 heterocycles. The molecule has 2 atom stereocenters. The van der Waals surface area contributed by atoms with Crippen molar-refractivity contribution in [2.75, 3.05) is 20.3 Å². The summed E-state index contributed by atoms with van der Waals surface area (Å²) in [6.07, 6.45) is 1.99. The molecule has 0 aliphatic heterocycles. The van der Waals surface area contributed by atoms with Crippen LogP contribution in [0.3, 0.4) is 0 Å². The lowest BCUT2D eigenvalue weighted by Gasteiger charge is -2.26. The largest absolute Gasteiger partial charge is 0.474 e. The number of phosphoric acid groups is 1. The minimum absolute atomic E-state index is 0.224. The Balaban J connectivity index is 4.33. The molecule has 0 amide bonds. The Morgan fingerprint density at radius 3 is 1.36 bits per heavy atom. The molecule has 4 nitrogen and oxygen atoms in total. The minimum Gasteiger partial charge on any atom is -0.290 e. The van der Waals surface area contributed by atoms with E-state index in [1.165, 1.54) is 7.11 Å². The molecule has 0 saturated heterocycles. The Hall–Kier alpha value is 0.110. The number of hydrogen-bond donors (Lipinski definition) is 0. The highest BCUT2D eigenvalue weighted by Crippen LogP contribution is 2.49. The molecule has 5 heteroatoms. The molecule has 0 rings (SSSR count). The van der Waals surface area contributed by atoms with Gasteiger partial charge in [-0.2, -0.15) is 0 Å². The summed E-state index contributed by atoms with van der Waals surface area (Å²) in [7, 11) is -2.06. The van der Waals surface area contributed by atoms with Crippen molar-refractivity contribution in [2.24, 2.45) is 22.7 Å². The fourth-order valence-electron chi connectivity index (χ4n) is 2.79. The molecule has 0 bridgehead atoms. The van der Waals surface area contributed by atoms with E-state index in [1.54, 1.807) is 0 Å². The lowest BCUT2D eigenvalue weighted by Crippen LogP contribution is -2.17. The lowest BCUT2D eigenvalue weighted by molar-refractivity contribution is 0.0928. The van der Waals surface area contributed by atoms with Crippen LogP contribution in [0.2, 0.25) is 0 Å². The number of rotatable bonds is 9. The Bertz CT molecular complexity index is 325. The molecule has 0 N–H and O–H groups in total. The third-order valence-electron chi connectivity index (χ3n) is 3.18. The van der Waals surface area contributed by atoms with Crippen molar-refractivity contribution in [3.05, 3.63) is 0 Å². The van der Waals surface area contributed by atoms with Crippen molar-refractivity contribution in [1.29, 1.82) is 0 Å². The van der Waals surface area contributed by atoms with E-state index in [-0.39, 0.29) is 10.8 Å². The minimum atomic E-state index is -3.44. The number of hydrogen-bond acceptors (Lipinski definition) is 4. The van der Waals surface area contributed by atoms with Crippen molar-refractivity contribution in [3.8, 4) is 0 Å². The Morgan fingerprint density at radius 1 is 0.818 bits per heavy atom. The average Bonchev–Trinajstić information content (AvgIpc) is 2.30. The maximum atomic E-state index is 12.5. The molecule has 0 radical (unpaired) electrons. The Morgan fingerprint density at radius 2 is 1.14 bits per heavy atom. The molecule has 134 valence electrons. The first kappa shape index (κ1) is 22.1. The van der Waals surface area contributed by atoms with Gasteiger partial charge < -0.3 is 0 Å². The predicted octanol–water partition coefficient (Wildman–Crippen LogP) is 5.92. The van der Waals surface area contributed by atoms with E-state index >= 15 is 0 Å². The molecule has 22 heavy (non-hydrogen) atoms. The van der Waals surface area contributed by atoms with Crippen LogP contribution in [0.1, 0.15) is 68.2 Å². The van der Waals surface area contributed by atoms with Gasteiger partial charge in [0.1, 0.15) is 0 Å². The first-order valence-electron chi connectivity index (χ1n) is 8.21. The second-order valence-corrected chi connectivity index (χ2v) is 10.7. The van der Waals surface area contributed by atoms with E-state index in [9.17, 15) is 4.57 Å².